The summed E-state index contributed by atoms with van der Waals surface area (Å²) in [7, 11) is 0. The fourth-order valence-electron chi connectivity index (χ4n) is 3.63. The molecular formula is C24H30N8. The van der Waals surface area contributed by atoms with Crippen LogP contribution in [-0.2, 0) is 19.4 Å². The third kappa shape index (κ3) is 5.25. The number of aromatic nitrogens is 8. The van der Waals surface area contributed by atoms with Gasteiger partial charge in [-0.05, 0) is 33.9 Å². The molecule has 0 amide bonds. The van der Waals surface area contributed by atoms with Crippen molar-refractivity contribution < 1.29 is 0 Å². The van der Waals surface area contributed by atoms with Gasteiger partial charge in [0.05, 0.1) is 5.69 Å². The number of hydrogen-bond acceptors (Lipinski definition) is 6. The van der Waals surface area contributed by atoms with Gasteiger partial charge in [-0.3, -0.25) is 4.98 Å². The zero-order chi connectivity index (χ0) is 22.6. The van der Waals surface area contributed by atoms with Crippen LogP contribution in [0.15, 0.2) is 42.6 Å². The second-order valence-electron chi connectivity index (χ2n) is 9.29. The summed E-state index contributed by atoms with van der Waals surface area (Å²) in [6, 6.07) is 12.1. The van der Waals surface area contributed by atoms with Gasteiger partial charge < -0.3 is 0 Å². The van der Waals surface area contributed by atoms with Crippen molar-refractivity contribution in [2.75, 3.05) is 0 Å². The molecule has 4 aromatic rings. The zero-order valence-electron chi connectivity index (χ0n) is 19.2. The van der Waals surface area contributed by atoms with E-state index in [4.69, 9.17) is 15.1 Å². The minimum atomic E-state index is 0.131. The Morgan fingerprint density at radius 1 is 1.03 bits per heavy atom. The first-order chi connectivity index (χ1) is 15.4. The van der Waals surface area contributed by atoms with E-state index in [-0.39, 0.29) is 5.41 Å². The van der Waals surface area contributed by atoms with Crippen molar-refractivity contribution >= 4 is 0 Å². The molecule has 0 aliphatic heterocycles. The lowest BCUT2D eigenvalue weighted by molar-refractivity contribution is 0.318. The largest absolute Gasteiger partial charge is 0.256 e. The number of unbranched alkanes of at least 4 members (excludes halogenated alkanes) is 1. The normalized spacial score (nSPS) is 11.8. The van der Waals surface area contributed by atoms with Crippen LogP contribution in [0.25, 0.3) is 22.6 Å². The number of hydrogen-bond donors (Lipinski definition) is 1. The maximum absolute atomic E-state index is 4.85. The summed E-state index contributed by atoms with van der Waals surface area (Å²) >= 11 is 0. The Kier molecular flexibility index (Phi) is 6.39. The van der Waals surface area contributed by atoms with Crippen LogP contribution < -0.4 is 0 Å². The highest BCUT2D eigenvalue weighted by atomic mass is 15.5. The average Bonchev–Trinajstić information content (AvgIpc) is 3.42. The van der Waals surface area contributed by atoms with Crippen molar-refractivity contribution in [3.63, 3.8) is 0 Å². The molecule has 0 spiro atoms. The maximum Gasteiger partial charge on any atom is 0.180 e. The first kappa shape index (κ1) is 21.8. The lowest BCUT2D eigenvalue weighted by atomic mass is 9.97. The molecule has 3 aromatic heterocycles. The summed E-state index contributed by atoms with van der Waals surface area (Å²) in [5, 5.41) is 19.1. The monoisotopic (exact) mass is 430 g/mol. The van der Waals surface area contributed by atoms with Crippen LogP contribution in [0, 0.1) is 5.41 Å². The minimum absolute atomic E-state index is 0.131. The molecule has 0 aliphatic rings. The molecule has 0 unspecified atom stereocenters. The minimum Gasteiger partial charge on any atom is -0.256 e. The van der Waals surface area contributed by atoms with E-state index in [0.717, 1.165) is 59.8 Å². The Labute approximate surface area is 188 Å². The Hall–Kier alpha value is -3.42. The molecule has 0 radical (unpaired) electrons. The number of rotatable bonds is 8. The van der Waals surface area contributed by atoms with Crippen molar-refractivity contribution in [1.29, 1.82) is 0 Å². The molecule has 0 atom stereocenters. The summed E-state index contributed by atoms with van der Waals surface area (Å²) in [6.07, 6.45) is 5.79. The lowest BCUT2D eigenvalue weighted by Gasteiger charge is -2.19. The van der Waals surface area contributed by atoms with E-state index < -0.39 is 0 Å². The number of tetrazole rings is 1. The molecule has 8 nitrogen and oxygen atoms in total. The summed E-state index contributed by atoms with van der Waals surface area (Å²) in [6.45, 7) is 9.70. The molecule has 1 N–H and O–H groups in total. The van der Waals surface area contributed by atoms with Gasteiger partial charge in [-0.2, -0.15) is 5.10 Å². The van der Waals surface area contributed by atoms with Crippen LogP contribution in [0.4, 0.5) is 0 Å². The molecule has 0 bridgehead atoms. The first-order valence-corrected chi connectivity index (χ1v) is 11.1. The summed E-state index contributed by atoms with van der Waals surface area (Å²) in [5.41, 5.74) is 4.02. The van der Waals surface area contributed by atoms with Gasteiger partial charge in [-0.15, -0.1) is 5.10 Å². The predicted octanol–water partition coefficient (Wildman–Crippen LogP) is 4.50. The molecule has 0 aliphatic carbocycles. The van der Waals surface area contributed by atoms with Crippen molar-refractivity contribution in [2.45, 2.75) is 59.9 Å². The molecule has 32 heavy (non-hydrogen) atoms. The number of pyridine rings is 1. The van der Waals surface area contributed by atoms with E-state index in [9.17, 15) is 0 Å². The fourth-order valence-corrected chi connectivity index (χ4v) is 3.63. The number of aromatic amines is 1. The summed E-state index contributed by atoms with van der Waals surface area (Å²) < 4.78 is 2.07. The Bertz CT molecular complexity index is 1140. The van der Waals surface area contributed by atoms with Crippen LogP contribution in [0.5, 0.6) is 0 Å². The number of aryl methyl sites for hydroxylation is 1. The highest BCUT2D eigenvalue weighted by Crippen LogP contribution is 2.28. The third-order valence-electron chi connectivity index (χ3n) is 5.16. The highest BCUT2D eigenvalue weighted by molar-refractivity contribution is 5.78. The van der Waals surface area contributed by atoms with Crippen LogP contribution in [0.2, 0.25) is 0 Å². The van der Waals surface area contributed by atoms with Gasteiger partial charge in [-0.1, -0.05) is 64.4 Å². The van der Waals surface area contributed by atoms with Gasteiger partial charge in [0.15, 0.2) is 11.6 Å². The second kappa shape index (κ2) is 9.38. The lowest BCUT2D eigenvalue weighted by Crippen LogP contribution is -2.19. The van der Waals surface area contributed by atoms with Crippen LogP contribution in [0.1, 0.15) is 57.7 Å². The first-order valence-electron chi connectivity index (χ1n) is 11.1. The third-order valence-corrected chi connectivity index (χ3v) is 5.16. The summed E-state index contributed by atoms with van der Waals surface area (Å²) in [4.78, 5) is 9.59. The fraction of sp³-hybridized carbons (Fsp3) is 0.417. The quantitative estimate of drug-likeness (QED) is 0.442. The molecule has 0 saturated carbocycles. The predicted molar refractivity (Wildman–Crippen MR) is 124 cm³/mol. The highest BCUT2D eigenvalue weighted by Gasteiger charge is 2.18. The van der Waals surface area contributed by atoms with Crippen LogP contribution in [0.3, 0.4) is 0 Å². The van der Waals surface area contributed by atoms with Gasteiger partial charge in [0.2, 0.25) is 0 Å². The van der Waals surface area contributed by atoms with E-state index in [1.54, 1.807) is 0 Å². The van der Waals surface area contributed by atoms with E-state index in [0.29, 0.717) is 12.2 Å². The second-order valence-corrected chi connectivity index (χ2v) is 9.29. The molecular weight excluding hydrogens is 400 g/mol. The van der Waals surface area contributed by atoms with Gasteiger partial charge >= 0.3 is 0 Å². The van der Waals surface area contributed by atoms with E-state index in [1.165, 1.54) is 0 Å². The number of H-pyrrole nitrogens is 1. The topological polar surface area (TPSA) is 98.1 Å². The molecule has 0 saturated heterocycles. The molecule has 166 valence electrons. The molecule has 4 rings (SSSR count). The van der Waals surface area contributed by atoms with Crippen molar-refractivity contribution in [2.24, 2.45) is 5.41 Å². The smallest absolute Gasteiger partial charge is 0.180 e. The number of nitrogens with one attached hydrogen (secondary N) is 1. The number of benzene rings is 1. The van der Waals surface area contributed by atoms with Crippen molar-refractivity contribution in [1.82, 2.24) is 40.4 Å². The molecule has 0 fully saturated rings. The van der Waals surface area contributed by atoms with E-state index in [1.807, 2.05) is 36.5 Å². The molecule has 3 heterocycles. The summed E-state index contributed by atoms with van der Waals surface area (Å²) in [5.74, 6) is 2.56. The van der Waals surface area contributed by atoms with Crippen LogP contribution in [-0.4, -0.2) is 40.4 Å². The van der Waals surface area contributed by atoms with Gasteiger partial charge in [0, 0.05) is 36.7 Å². The van der Waals surface area contributed by atoms with Gasteiger partial charge in [0.1, 0.15) is 5.82 Å². The standard InChI is InChI=1S/C24H30N8/c1-5-6-11-21-26-22(32(29-21)16-24(2,3)4)14-17-12-13-20(25-15-17)18-9-7-8-10-19(18)23-27-30-31-28-23/h7-10,12-13,15H,5-6,11,14,16H2,1-4H3,(H,27,28,30,31). The van der Waals surface area contributed by atoms with E-state index >= 15 is 0 Å². The Balaban J connectivity index is 1.58. The van der Waals surface area contributed by atoms with Crippen molar-refractivity contribution in [3.8, 4) is 22.6 Å². The Morgan fingerprint density at radius 2 is 1.84 bits per heavy atom. The zero-order valence-corrected chi connectivity index (χ0v) is 19.2. The van der Waals surface area contributed by atoms with E-state index in [2.05, 4.69) is 59.1 Å². The molecule has 1 aromatic carbocycles. The SMILES string of the molecule is CCCCc1nc(Cc2ccc(-c3ccccc3-c3nnn[nH]3)nc2)n(CC(C)(C)C)n1. The van der Waals surface area contributed by atoms with Crippen molar-refractivity contribution in [3.05, 3.63) is 59.8 Å². The number of nitrogens with zero attached hydrogens (tertiary/aromatic N) is 7. The van der Waals surface area contributed by atoms with Gasteiger partial charge in [0.25, 0.3) is 0 Å². The average molecular weight is 431 g/mol. The van der Waals surface area contributed by atoms with Gasteiger partial charge in [-0.25, -0.2) is 14.8 Å². The van der Waals surface area contributed by atoms with Crippen LogP contribution >= 0.6 is 0 Å². The molecule has 8 heteroatoms. The Morgan fingerprint density at radius 3 is 2.50 bits per heavy atom. The maximum atomic E-state index is 4.85.